The predicted octanol–water partition coefficient (Wildman–Crippen LogP) is 2.15. The van der Waals surface area contributed by atoms with Crippen LogP contribution in [0.2, 0.25) is 0 Å². The van der Waals surface area contributed by atoms with Crippen molar-refractivity contribution in [3.63, 3.8) is 0 Å². The molecular weight excluding hydrogens is 488 g/mol. The van der Waals surface area contributed by atoms with Crippen molar-refractivity contribution in [1.82, 2.24) is 20.4 Å². The van der Waals surface area contributed by atoms with E-state index in [4.69, 9.17) is 0 Å². The fourth-order valence-electron chi connectivity index (χ4n) is 4.68. The molecule has 0 bridgehead atoms. The van der Waals surface area contributed by atoms with Gasteiger partial charge in [0.15, 0.2) is 0 Å². The molecule has 0 fully saturated rings. The van der Waals surface area contributed by atoms with Crippen LogP contribution in [0.15, 0.2) is 48.5 Å². The third-order valence-corrected chi connectivity index (χ3v) is 6.89. The van der Waals surface area contributed by atoms with E-state index in [0.29, 0.717) is 48.2 Å². The fourth-order valence-corrected chi connectivity index (χ4v) is 4.68. The van der Waals surface area contributed by atoms with Crippen LogP contribution in [0, 0.1) is 0 Å². The highest BCUT2D eigenvalue weighted by atomic mass is 16.2. The van der Waals surface area contributed by atoms with Crippen LogP contribution in [-0.4, -0.2) is 70.4 Å². The van der Waals surface area contributed by atoms with Crippen molar-refractivity contribution < 1.29 is 28.8 Å². The summed E-state index contributed by atoms with van der Waals surface area (Å²) in [5.41, 5.74) is 1.23. The summed E-state index contributed by atoms with van der Waals surface area (Å²) < 4.78 is 0. The number of unbranched alkanes of at least 4 members (excludes halogenated alkanes) is 3. The number of hydrogen-bond acceptors (Lipinski definition) is 6. The van der Waals surface area contributed by atoms with Gasteiger partial charge in [0.2, 0.25) is 11.8 Å². The van der Waals surface area contributed by atoms with Gasteiger partial charge in [0.05, 0.1) is 22.3 Å². The minimum absolute atomic E-state index is 0.308. The van der Waals surface area contributed by atoms with E-state index in [0.717, 1.165) is 22.6 Å². The average Bonchev–Trinajstić information content (AvgIpc) is 3.33. The zero-order chi connectivity index (χ0) is 27.4. The molecule has 6 amide bonds. The van der Waals surface area contributed by atoms with Crippen LogP contribution in [0.3, 0.4) is 0 Å². The molecule has 2 N–H and O–H groups in total. The molecule has 2 atom stereocenters. The van der Waals surface area contributed by atoms with E-state index in [1.807, 2.05) is 0 Å². The van der Waals surface area contributed by atoms with Crippen LogP contribution >= 0.6 is 0 Å². The SMILES string of the molecule is C[C@H](C(=O)NCCCCCCNC(=O)[C@H](C)N1C(=O)c2ccccc2C1=O)N1C(=O)c2ccccc2C1=O. The van der Waals surface area contributed by atoms with Crippen molar-refractivity contribution >= 4 is 35.4 Å². The van der Waals surface area contributed by atoms with E-state index in [1.165, 1.54) is 13.8 Å². The molecule has 2 aliphatic rings. The first-order valence-corrected chi connectivity index (χ1v) is 12.7. The highest BCUT2D eigenvalue weighted by molar-refractivity contribution is 6.23. The van der Waals surface area contributed by atoms with Gasteiger partial charge in [0, 0.05) is 13.1 Å². The average molecular weight is 519 g/mol. The van der Waals surface area contributed by atoms with Gasteiger partial charge in [-0.05, 0) is 51.0 Å². The van der Waals surface area contributed by atoms with Crippen molar-refractivity contribution in [2.45, 2.75) is 51.6 Å². The van der Waals surface area contributed by atoms with Gasteiger partial charge in [-0.2, -0.15) is 0 Å². The molecule has 0 saturated heterocycles. The van der Waals surface area contributed by atoms with E-state index in [2.05, 4.69) is 10.6 Å². The normalized spacial score (nSPS) is 15.8. The summed E-state index contributed by atoms with van der Waals surface area (Å²) in [5, 5.41) is 5.55. The van der Waals surface area contributed by atoms with Crippen LogP contribution in [0.5, 0.6) is 0 Å². The van der Waals surface area contributed by atoms with Crippen LogP contribution < -0.4 is 10.6 Å². The summed E-state index contributed by atoms with van der Waals surface area (Å²) in [6, 6.07) is 11.2. The van der Waals surface area contributed by atoms with Crippen molar-refractivity contribution in [2.24, 2.45) is 0 Å². The zero-order valence-corrected chi connectivity index (χ0v) is 21.4. The summed E-state index contributed by atoms with van der Waals surface area (Å²) in [6.45, 7) is 3.86. The summed E-state index contributed by atoms with van der Waals surface area (Å²) in [7, 11) is 0. The first-order chi connectivity index (χ1) is 18.2. The van der Waals surface area contributed by atoms with Crippen molar-refractivity contribution in [3.05, 3.63) is 70.8 Å². The van der Waals surface area contributed by atoms with E-state index in [-0.39, 0.29) is 0 Å². The van der Waals surface area contributed by atoms with Crippen LogP contribution in [-0.2, 0) is 9.59 Å². The molecule has 0 aromatic heterocycles. The Bertz CT molecular complexity index is 1140. The molecule has 0 aliphatic carbocycles. The van der Waals surface area contributed by atoms with Gasteiger partial charge in [-0.25, -0.2) is 0 Å². The molecular formula is C28H30N4O6. The Hall–Kier alpha value is -4.34. The molecule has 198 valence electrons. The summed E-state index contributed by atoms with van der Waals surface area (Å²) in [5.74, 6) is -2.65. The molecule has 2 aliphatic heterocycles. The molecule has 0 spiro atoms. The number of imide groups is 2. The van der Waals surface area contributed by atoms with Crippen LogP contribution in [0.1, 0.15) is 81.0 Å². The lowest BCUT2D eigenvalue weighted by Gasteiger charge is -2.22. The van der Waals surface area contributed by atoms with Crippen molar-refractivity contribution in [1.29, 1.82) is 0 Å². The van der Waals surface area contributed by atoms with Gasteiger partial charge in [-0.15, -0.1) is 0 Å². The number of amides is 6. The Morgan fingerprint density at radius 2 is 0.868 bits per heavy atom. The molecule has 0 saturated carbocycles. The maximum atomic E-state index is 12.5. The largest absolute Gasteiger partial charge is 0.354 e. The first-order valence-electron chi connectivity index (χ1n) is 12.7. The van der Waals surface area contributed by atoms with Gasteiger partial charge in [0.25, 0.3) is 23.6 Å². The number of rotatable bonds is 11. The second-order valence-corrected chi connectivity index (χ2v) is 9.40. The number of carbonyl (C=O) groups is 6. The Balaban J connectivity index is 1.11. The molecule has 38 heavy (non-hydrogen) atoms. The quantitative estimate of drug-likeness (QED) is 0.346. The Morgan fingerprint density at radius 3 is 1.16 bits per heavy atom. The third kappa shape index (κ3) is 5.06. The first kappa shape index (κ1) is 26.7. The lowest BCUT2D eigenvalue weighted by Crippen LogP contribution is -2.48. The highest BCUT2D eigenvalue weighted by Gasteiger charge is 2.41. The maximum absolute atomic E-state index is 12.5. The van der Waals surface area contributed by atoms with E-state index in [1.54, 1.807) is 48.5 Å². The van der Waals surface area contributed by atoms with Gasteiger partial charge in [0.1, 0.15) is 12.1 Å². The summed E-state index contributed by atoms with van der Waals surface area (Å²) >= 11 is 0. The number of fused-ring (bicyclic) bond motifs is 2. The van der Waals surface area contributed by atoms with Crippen molar-refractivity contribution in [3.8, 4) is 0 Å². The Kier molecular flexibility index (Phi) is 7.99. The lowest BCUT2D eigenvalue weighted by atomic mass is 10.1. The zero-order valence-electron chi connectivity index (χ0n) is 21.4. The molecule has 2 aromatic carbocycles. The number of carbonyl (C=O) groups excluding carboxylic acids is 6. The van der Waals surface area contributed by atoms with Crippen LogP contribution in [0.25, 0.3) is 0 Å². The van der Waals surface area contributed by atoms with Crippen molar-refractivity contribution in [2.75, 3.05) is 13.1 Å². The molecule has 2 aromatic rings. The standard InChI is InChI=1S/C28H30N4O6/c1-17(31-25(35)19-11-5-6-12-20(19)26(31)36)23(33)29-15-9-3-4-10-16-30-24(34)18(2)32-27(37)21-13-7-8-14-22(21)28(32)38/h5-8,11-14,17-18H,3-4,9-10,15-16H2,1-2H3,(H,29,33)(H,30,34)/t17-,18+. The lowest BCUT2D eigenvalue weighted by molar-refractivity contribution is -0.125. The number of hydrogen-bond donors (Lipinski definition) is 2. The van der Waals surface area contributed by atoms with E-state index in [9.17, 15) is 28.8 Å². The topological polar surface area (TPSA) is 133 Å². The molecule has 4 rings (SSSR count). The maximum Gasteiger partial charge on any atom is 0.262 e. The second-order valence-electron chi connectivity index (χ2n) is 9.40. The summed E-state index contributed by atoms with van der Waals surface area (Å²) in [4.78, 5) is 77.2. The fraction of sp³-hybridized carbons (Fsp3) is 0.357. The Labute approximate surface area is 220 Å². The highest BCUT2D eigenvalue weighted by Crippen LogP contribution is 2.25. The van der Waals surface area contributed by atoms with E-state index >= 15 is 0 Å². The minimum Gasteiger partial charge on any atom is -0.354 e. The molecule has 10 nitrogen and oxygen atoms in total. The number of nitrogens with one attached hydrogen (secondary N) is 2. The minimum atomic E-state index is -0.915. The van der Waals surface area contributed by atoms with Gasteiger partial charge >= 0.3 is 0 Å². The number of benzene rings is 2. The molecule has 0 radical (unpaired) electrons. The van der Waals surface area contributed by atoms with Crippen LogP contribution in [0.4, 0.5) is 0 Å². The predicted molar refractivity (Wildman–Crippen MR) is 137 cm³/mol. The van der Waals surface area contributed by atoms with E-state index < -0.39 is 47.5 Å². The molecule has 10 heteroatoms. The summed E-state index contributed by atoms with van der Waals surface area (Å²) in [6.07, 6.45) is 2.98. The number of nitrogens with zero attached hydrogens (tertiary/aromatic N) is 2. The van der Waals surface area contributed by atoms with Gasteiger partial charge in [-0.3, -0.25) is 38.6 Å². The molecule has 0 unspecified atom stereocenters. The van der Waals surface area contributed by atoms with Gasteiger partial charge < -0.3 is 10.6 Å². The molecule has 2 heterocycles. The Morgan fingerprint density at radius 1 is 0.579 bits per heavy atom. The van der Waals surface area contributed by atoms with Gasteiger partial charge in [-0.1, -0.05) is 37.1 Å². The third-order valence-electron chi connectivity index (χ3n) is 6.89. The smallest absolute Gasteiger partial charge is 0.262 e. The second kappa shape index (κ2) is 11.4. The monoisotopic (exact) mass is 518 g/mol.